The van der Waals surface area contributed by atoms with Crippen molar-refractivity contribution in [3.05, 3.63) is 247 Å². The van der Waals surface area contributed by atoms with Crippen molar-refractivity contribution in [2.45, 2.75) is 27.7 Å². The van der Waals surface area contributed by atoms with Gasteiger partial charge in [0.15, 0.2) is 11.6 Å². The maximum absolute atomic E-state index is 5.48. The molecule has 338 valence electrons. The van der Waals surface area contributed by atoms with Gasteiger partial charge in [0.2, 0.25) is 0 Å². The van der Waals surface area contributed by atoms with Crippen LogP contribution >= 0.6 is 0 Å². The van der Waals surface area contributed by atoms with E-state index >= 15 is 0 Å². The first-order valence-electron chi connectivity index (χ1n) is 24.2. The maximum Gasteiger partial charge on any atom is 0.162 e. The minimum Gasteiger partial charge on any atom is -0.308 e. The summed E-state index contributed by atoms with van der Waals surface area (Å²) < 4.78 is 2.41. The van der Waals surface area contributed by atoms with Crippen molar-refractivity contribution in [3.63, 3.8) is 0 Å². The fraction of sp³-hybridized carbons (Fsp3) is 0.0606. The summed E-state index contributed by atoms with van der Waals surface area (Å²) in [6.45, 7) is 8.69. The van der Waals surface area contributed by atoms with E-state index in [9.17, 15) is 0 Å². The molecule has 0 radical (unpaired) electrons. The number of benzene rings is 9. The molecular weight excluding hydrogens is 863 g/mol. The molecule has 0 saturated carbocycles. The van der Waals surface area contributed by atoms with Crippen molar-refractivity contribution in [3.8, 4) is 95.7 Å². The first-order valence-corrected chi connectivity index (χ1v) is 24.2. The Labute approximate surface area is 414 Å². The van der Waals surface area contributed by atoms with Gasteiger partial charge in [0.1, 0.15) is 0 Å². The van der Waals surface area contributed by atoms with Crippen LogP contribution in [0.4, 0.5) is 0 Å². The Morgan fingerprint density at radius 1 is 0.268 bits per heavy atom. The molecule has 0 bridgehead atoms. The summed E-state index contributed by atoms with van der Waals surface area (Å²) in [5.41, 5.74) is 21.9. The number of hydrogen-bond donors (Lipinski definition) is 0. The number of fused-ring (bicyclic) bond motifs is 3. The van der Waals surface area contributed by atoms with E-state index in [0.29, 0.717) is 11.6 Å². The topological polar surface area (TPSA) is 56.5 Å². The second-order valence-electron chi connectivity index (χ2n) is 18.7. The molecule has 12 rings (SSSR count). The van der Waals surface area contributed by atoms with Crippen LogP contribution in [0.1, 0.15) is 22.3 Å². The van der Waals surface area contributed by atoms with Gasteiger partial charge in [-0.15, -0.1) is 0 Å². The highest BCUT2D eigenvalue weighted by Crippen LogP contribution is 2.42. The van der Waals surface area contributed by atoms with Gasteiger partial charge >= 0.3 is 0 Å². The second kappa shape index (κ2) is 18.1. The Morgan fingerprint density at radius 2 is 0.634 bits per heavy atom. The standard InChI is InChI=1S/C66H49N5/c1-42-31-43(2)34-53(33-42)50-25-28-62-55(37-50)56-38-51(54-35-44(3)32-45(4)36-54)26-29-63(56)71(62)64-30-27-52(61-41-58(46-17-9-5-10-18-46)67-65(68-61)49-23-15-8-16-24-49)39-57(64)66-69-59(47-19-11-6-12-20-47)40-60(70-66)48-21-13-7-14-22-48/h5-41H,1-4H3. The van der Waals surface area contributed by atoms with Crippen LogP contribution in [0.15, 0.2) is 224 Å². The molecule has 5 nitrogen and oxygen atoms in total. The van der Waals surface area contributed by atoms with E-state index in [1.807, 2.05) is 36.4 Å². The number of aryl methyl sites for hydroxylation is 4. The first kappa shape index (κ1) is 43.2. The average Bonchev–Trinajstić information content (AvgIpc) is 3.73. The largest absolute Gasteiger partial charge is 0.308 e. The minimum atomic E-state index is 0.608. The molecule has 0 spiro atoms. The third kappa shape index (κ3) is 8.49. The van der Waals surface area contributed by atoms with Crippen LogP contribution in [0.2, 0.25) is 0 Å². The van der Waals surface area contributed by atoms with Crippen LogP contribution in [0.3, 0.4) is 0 Å². The summed E-state index contributed by atoms with van der Waals surface area (Å²) in [5, 5.41) is 2.33. The van der Waals surface area contributed by atoms with E-state index in [2.05, 4.69) is 220 Å². The Morgan fingerprint density at radius 3 is 1.06 bits per heavy atom. The molecule has 3 aromatic heterocycles. The van der Waals surface area contributed by atoms with Crippen LogP contribution in [0.25, 0.3) is 118 Å². The number of hydrogen-bond acceptors (Lipinski definition) is 4. The molecular formula is C66H49N5. The van der Waals surface area contributed by atoms with E-state index in [1.165, 1.54) is 44.5 Å². The molecule has 9 aromatic carbocycles. The normalized spacial score (nSPS) is 11.4. The van der Waals surface area contributed by atoms with Crippen molar-refractivity contribution in [2.24, 2.45) is 0 Å². The van der Waals surface area contributed by atoms with Gasteiger partial charge in [-0.25, -0.2) is 19.9 Å². The lowest BCUT2D eigenvalue weighted by Crippen LogP contribution is -2.03. The van der Waals surface area contributed by atoms with Gasteiger partial charge in [0.25, 0.3) is 0 Å². The predicted molar refractivity (Wildman–Crippen MR) is 294 cm³/mol. The summed E-state index contributed by atoms with van der Waals surface area (Å²) in [4.78, 5) is 21.4. The summed E-state index contributed by atoms with van der Waals surface area (Å²) in [6.07, 6.45) is 0. The van der Waals surface area contributed by atoms with E-state index in [0.717, 1.165) is 83.6 Å². The van der Waals surface area contributed by atoms with Crippen molar-refractivity contribution in [1.29, 1.82) is 0 Å². The van der Waals surface area contributed by atoms with Crippen molar-refractivity contribution in [2.75, 3.05) is 0 Å². The SMILES string of the molecule is Cc1cc(C)cc(-c2ccc3c(c2)c2cc(-c4cc(C)cc(C)c4)ccc2n3-c2ccc(-c3cc(-c4ccccc4)nc(-c4ccccc4)n3)cc2-c2nc(-c3ccccc3)cc(-c3ccccc3)n2)c1. The van der Waals surface area contributed by atoms with Gasteiger partial charge in [0.05, 0.1) is 39.5 Å². The number of rotatable bonds is 9. The molecule has 12 aromatic rings. The second-order valence-corrected chi connectivity index (χ2v) is 18.7. The fourth-order valence-electron chi connectivity index (χ4n) is 10.1. The minimum absolute atomic E-state index is 0.608. The average molecular weight is 912 g/mol. The molecule has 3 heterocycles. The molecule has 0 unspecified atom stereocenters. The molecule has 0 aliphatic rings. The van der Waals surface area contributed by atoms with E-state index < -0.39 is 0 Å². The van der Waals surface area contributed by atoms with E-state index in [4.69, 9.17) is 19.9 Å². The Balaban J connectivity index is 1.15. The third-order valence-corrected chi connectivity index (χ3v) is 13.3. The summed E-state index contributed by atoms with van der Waals surface area (Å²) in [7, 11) is 0. The predicted octanol–water partition coefficient (Wildman–Crippen LogP) is 16.9. The third-order valence-electron chi connectivity index (χ3n) is 13.3. The van der Waals surface area contributed by atoms with Gasteiger partial charge in [-0.1, -0.05) is 198 Å². The zero-order chi connectivity index (χ0) is 48.0. The molecule has 5 heteroatoms. The molecule has 0 amide bonds. The molecule has 0 atom stereocenters. The summed E-state index contributed by atoms with van der Waals surface area (Å²) in [6, 6.07) is 79.6. The van der Waals surface area contributed by atoms with Gasteiger partial charge in [-0.05, 0) is 98.5 Å². The highest BCUT2D eigenvalue weighted by molar-refractivity contribution is 6.12. The van der Waals surface area contributed by atoms with Crippen molar-refractivity contribution in [1.82, 2.24) is 24.5 Å². The number of nitrogens with zero attached hydrogens (tertiary/aromatic N) is 5. The fourth-order valence-corrected chi connectivity index (χ4v) is 10.1. The Hall–Kier alpha value is -9.06. The van der Waals surface area contributed by atoms with Crippen LogP contribution in [-0.2, 0) is 0 Å². The van der Waals surface area contributed by atoms with Gasteiger partial charge in [-0.3, -0.25) is 0 Å². The zero-order valence-electron chi connectivity index (χ0n) is 40.1. The van der Waals surface area contributed by atoms with Gasteiger partial charge in [-0.2, -0.15) is 0 Å². The van der Waals surface area contributed by atoms with E-state index in [1.54, 1.807) is 0 Å². The summed E-state index contributed by atoms with van der Waals surface area (Å²) in [5.74, 6) is 1.26. The van der Waals surface area contributed by atoms with Crippen LogP contribution < -0.4 is 0 Å². The quantitative estimate of drug-likeness (QED) is 0.145. The van der Waals surface area contributed by atoms with Crippen LogP contribution in [-0.4, -0.2) is 24.5 Å². The lowest BCUT2D eigenvalue weighted by molar-refractivity contribution is 1.13. The monoisotopic (exact) mass is 911 g/mol. The van der Waals surface area contributed by atoms with Crippen molar-refractivity contribution < 1.29 is 0 Å². The maximum atomic E-state index is 5.48. The summed E-state index contributed by atoms with van der Waals surface area (Å²) >= 11 is 0. The lowest BCUT2D eigenvalue weighted by Gasteiger charge is -2.17. The molecule has 0 N–H and O–H groups in total. The Bertz CT molecular complexity index is 3690. The molecule has 0 fully saturated rings. The van der Waals surface area contributed by atoms with Crippen LogP contribution in [0, 0.1) is 27.7 Å². The van der Waals surface area contributed by atoms with Gasteiger partial charge < -0.3 is 4.57 Å². The van der Waals surface area contributed by atoms with Gasteiger partial charge in [0, 0.05) is 44.2 Å². The first-order chi connectivity index (χ1) is 34.8. The highest BCUT2D eigenvalue weighted by Gasteiger charge is 2.22. The number of aromatic nitrogens is 5. The van der Waals surface area contributed by atoms with Crippen molar-refractivity contribution >= 4 is 21.8 Å². The highest BCUT2D eigenvalue weighted by atomic mass is 15.0. The lowest BCUT2D eigenvalue weighted by atomic mass is 9.97. The molecule has 0 aliphatic heterocycles. The molecule has 0 aliphatic carbocycles. The Kier molecular flexibility index (Phi) is 11.0. The van der Waals surface area contributed by atoms with Crippen LogP contribution in [0.5, 0.6) is 0 Å². The van der Waals surface area contributed by atoms with E-state index in [-0.39, 0.29) is 0 Å². The zero-order valence-corrected chi connectivity index (χ0v) is 40.1. The molecule has 71 heavy (non-hydrogen) atoms. The molecule has 0 saturated heterocycles. The smallest absolute Gasteiger partial charge is 0.162 e.